The van der Waals surface area contributed by atoms with E-state index in [1.54, 1.807) is 6.07 Å². The van der Waals surface area contributed by atoms with Gasteiger partial charge in [-0.05, 0) is 88.6 Å². The molecule has 1 spiro atoms. The van der Waals surface area contributed by atoms with Crippen molar-refractivity contribution in [3.05, 3.63) is 59.9 Å². The highest BCUT2D eigenvalue weighted by molar-refractivity contribution is 6.09. The summed E-state index contributed by atoms with van der Waals surface area (Å²) in [4.78, 5) is 33.3. The van der Waals surface area contributed by atoms with Gasteiger partial charge in [0, 0.05) is 41.6 Å². The first-order valence-electron chi connectivity index (χ1n) is 17.5. The molecule has 2 aliphatic carbocycles. The fourth-order valence-corrected chi connectivity index (χ4v) is 8.74. The molecular formula is C38H46FN7O. The third-order valence-corrected chi connectivity index (χ3v) is 11.4. The van der Waals surface area contributed by atoms with E-state index in [2.05, 4.69) is 70.6 Å². The molecule has 9 heteroatoms. The van der Waals surface area contributed by atoms with Gasteiger partial charge in [-0.25, -0.2) is 14.4 Å². The number of aromatic nitrogens is 4. The summed E-state index contributed by atoms with van der Waals surface area (Å²) in [5, 5.41) is 3.28. The number of imidazole rings is 1. The highest BCUT2D eigenvalue weighted by Crippen LogP contribution is 2.54. The lowest BCUT2D eigenvalue weighted by atomic mass is 9.70. The number of carbonyl (C=O) groups is 1. The molecule has 2 saturated carbocycles. The number of anilines is 3. The van der Waals surface area contributed by atoms with Crippen LogP contribution < -0.4 is 10.2 Å². The van der Waals surface area contributed by atoms with Gasteiger partial charge in [-0.1, -0.05) is 45.2 Å². The molecule has 8 rings (SSSR count). The Bertz CT molecular complexity index is 1870. The van der Waals surface area contributed by atoms with Gasteiger partial charge >= 0.3 is 0 Å². The number of rotatable bonds is 6. The summed E-state index contributed by atoms with van der Waals surface area (Å²) in [6.45, 7) is 13.1. The smallest absolute Gasteiger partial charge is 0.237 e. The Morgan fingerprint density at radius 3 is 2.51 bits per heavy atom. The highest BCUT2D eigenvalue weighted by Gasteiger charge is 2.55. The number of hydrogen-bond donors (Lipinski definition) is 1. The second-order valence-corrected chi connectivity index (χ2v) is 15.6. The van der Waals surface area contributed by atoms with E-state index in [1.807, 2.05) is 19.3 Å². The summed E-state index contributed by atoms with van der Waals surface area (Å²) in [5.41, 5.74) is 6.52. The fraction of sp³-hybridized carbons (Fsp3) is 0.526. The van der Waals surface area contributed by atoms with E-state index in [0.717, 1.165) is 79.6 Å². The van der Waals surface area contributed by atoms with Crippen LogP contribution in [0.2, 0.25) is 0 Å². The molecule has 4 aliphatic rings. The average molecular weight is 636 g/mol. The van der Waals surface area contributed by atoms with Gasteiger partial charge in [0.25, 0.3) is 0 Å². The number of likely N-dealkylation sites (tertiary alicyclic amines) is 1. The molecule has 1 saturated heterocycles. The lowest BCUT2D eigenvalue weighted by molar-refractivity contribution is -0.125. The molecule has 8 nitrogen and oxygen atoms in total. The van der Waals surface area contributed by atoms with Crippen molar-refractivity contribution in [2.45, 2.75) is 110 Å². The first-order chi connectivity index (χ1) is 22.5. The van der Waals surface area contributed by atoms with Crippen molar-refractivity contribution >= 4 is 34.1 Å². The first-order valence-corrected chi connectivity index (χ1v) is 17.5. The monoisotopic (exact) mass is 635 g/mol. The van der Waals surface area contributed by atoms with Crippen LogP contribution in [0, 0.1) is 18.2 Å². The number of pyridine rings is 2. The quantitative estimate of drug-likeness (QED) is 0.231. The molecule has 1 N–H and O–H groups in total. The van der Waals surface area contributed by atoms with Gasteiger partial charge in [0.05, 0.1) is 34.8 Å². The molecule has 1 aromatic carbocycles. The van der Waals surface area contributed by atoms with Crippen molar-refractivity contribution < 1.29 is 9.18 Å². The summed E-state index contributed by atoms with van der Waals surface area (Å²) in [6.07, 6.45) is 11.6. The van der Waals surface area contributed by atoms with Gasteiger partial charge < -0.3 is 14.8 Å². The van der Waals surface area contributed by atoms with Crippen molar-refractivity contribution in [1.29, 1.82) is 0 Å². The summed E-state index contributed by atoms with van der Waals surface area (Å²) < 4.78 is 17.0. The summed E-state index contributed by atoms with van der Waals surface area (Å²) in [5.74, 6) is 0.410. The largest absolute Gasteiger partial charge is 0.336 e. The van der Waals surface area contributed by atoms with E-state index in [4.69, 9.17) is 9.97 Å². The van der Waals surface area contributed by atoms with Gasteiger partial charge in [0.15, 0.2) is 11.6 Å². The normalized spacial score (nSPS) is 23.6. The maximum absolute atomic E-state index is 14.9. The minimum absolute atomic E-state index is 0.140. The maximum Gasteiger partial charge on any atom is 0.237 e. The first kappa shape index (κ1) is 30.5. The van der Waals surface area contributed by atoms with E-state index in [0.29, 0.717) is 34.6 Å². The highest BCUT2D eigenvalue weighted by atomic mass is 19.1. The lowest BCUT2D eigenvalue weighted by Crippen LogP contribution is -2.56. The van der Waals surface area contributed by atoms with E-state index >= 15 is 0 Å². The van der Waals surface area contributed by atoms with E-state index in [1.165, 1.54) is 24.6 Å². The number of hydrogen-bond acceptors (Lipinski definition) is 6. The van der Waals surface area contributed by atoms with Gasteiger partial charge in [0.1, 0.15) is 5.52 Å². The second-order valence-electron chi connectivity index (χ2n) is 15.6. The van der Waals surface area contributed by atoms with Crippen LogP contribution in [0.1, 0.15) is 96.4 Å². The van der Waals surface area contributed by atoms with Crippen molar-refractivity contribution in [2.75, 3.05) is 23.3 Å². The predicted octanol–water partition coefficient (Wildman–Crippen LogP) is 8.08. The Kier molecular flexibility index (Phi) is 7.21. The Hall–Kier alpha value is -3.85. The number of carbonyl (C=O) groups excluding carboxylic acids is 1. The van der Waals surface area contributed by atoms with E-state index < -0.39 is 11.2 Å². The molecule has 0 atom stereocenters. The number of halogens is 1. The fourth-order valence-electron chi connectivity index (χ4n) is 8.74. The molecule has 0 radical (unpaired) electrons. The molecule has 5 heterocycles. The molecular weight excluding hydrogens is 589 g/mol. The van der Waals surface area contributed by atoms with Crippen LogP contribution in [0.3, 0.4) is 0 Å². The molecule has 0 unspecified atom stereocenters. The zero-order valence-electron chi connectivity index (χ0n) is 28.3. The van der Waals surface area contributed by atoms with Gasteiger partial charge in [-0.3, -0.25) is 14.7 Å². The summed E-state index contributed by atoms with van der Waals surface area (Å²) in [6, 6.07) is 11.1. The minimum Gasteiger partial charge on any atom is -0.336 e. The number of fused-ring (bicyclic) bond motifs is 3. The standard InChI is InChI=1S/C38H46FN7O/c1-23(2)45-22-41-32-19-30(42-35(34(32)45)43-31-15-24(3)40-20-29(31)39)25-9-10-28-33(16-25)46(36(47)38(28)11-7-6-8-12-38)27-17-26(18-27)44-14-13-37(4,5)21-44/h9-10,15-16,19-20,22-23,26-27H,6-8,11-14,17-18,21H2,1-5H3,(H,40,42,43). The SMILES string of the molecule is Cc1cc(Nc2nc(-c3ccc4c(c3)N(C3CC(N5CCC(C)(C)C5)C3)C(=O)C43CCCCC3)cc3ncn(C(C)C)c23)c(F)cn1. The molecule has 3 aromatic heterocycles. The van der Waals surface area contributed by atoms with Crippen LogP contribution in [0.15, 0.2) is 42.9 Å². The van der Waals surface area contributed by atoms with Crippen LogP contribution in [0.4, 0.5) is 21.6 Å². The van der Waals surface area contributed by atoms with Crippen LogP contribution in [-0.4, -0.2) is 55.5 Å². The Morgan fingerprint density at radius 1 is 1.00 bits per heavy atom. The Balaban J connectivity index is 1.19. The van der Waals surface area contributed by atoms with Crippen LogP contribution in [0.5, 0.6) is 0 Å². The number of nitrogens with zero attached hydrogens (tertiary/aromatic N) is 6. The zero-order chi connectivity index (χ0) is 32.7. The van der Waals surface area contributed by atoms with Crippen LogP contribution in [-0.2, 0) is 10.2 Å². The van der Waals surface area contributed by atoms with E-state index in [-0.39, 0.29) is 12.1 Å². The number of amides is 1. The minimum atomic E-state index is -0.438. The maximum atomic E-state index is 14.9. The Morgan fingerprint density at radius 2 is 1.79 bits per heavy atom. The number of aryl methyl sites for hydroxylation is 1. The van der Waals surface area contributed by atoms with E-state index in [9.17, 15) is 9.18 Å². The third kappa shape index (κ3) is 5.04. The van der Waals surface area contributed by atoms with Gasteiger partial charge in [-0.15, -0.1) is 0 Å². The third-order valence-electron chi connectivity index (χ3n) is 11.4. The topological polar surface area (TPSA) is 79.2 Å². The van der Waals surface area contributed by atoms with Gasteiger partial charge in [0.2, 0.25) is 5.91 Å². The molecule has 246 valence electrons. The predicted molar refractivity (Wildman–Crippen MR) is 185 cm³/mol. The molecule has 3 fully saturated rings. The van der Waals surface area contributed by atoms with Crippen LogP contribution in [0.25, 0.3) is 22.3 Å². The van der Waals surface area contributed by atoms with Crippen molar-refractivity contribution in [1.82, 2.24) is 24.4 Å². The van der Waals surface area contributed by atoms with Crippen molar-refractivity contribution in [3.8, 4) is 11.3 Å². The molecule has 2 aliphatic heterocycles. The summed E-state index contributed by atoms with van der Waals surface area (Å²) >= 11 is 0. The number of benzene rings is 1. The molecule has 47 heavy (non-hydrogen) atoms. The van der Waals surface area contributed by atoms with Crippen molar-refractivity contribution in [2.24, 2.45) is 5.41 Å². The van der Waals surface area contributed by atoms with Crippen molar-refractivity contribution in [3.63, 3.8) is 0 Å². The second kappa shape index (κ2) is 11.1. The average Bonchev–Trinajstić information content (AvgIpc) is 3.68. The lowest BCUT2D eigenvalue weighted by Gasteiger charge is -2.46. The molecule has 0 bridgehead atoms. The molecule has 4 aromatic rings. The number of nitrogens with one attached hydrogen (secondary N) is 1. The zero-order valence-corrected chi connectivity index (χ0v) is 28.3. The van der Waals surface area contributed by atoms with Gasteiger partial charge in [-0.2, -0.15) is 0 Å². The van der Waals surface area contributed by atoms with Crippen LogP contribution >= 0.6 is 0 Å². The Labute approximate surface area is 276 Å². The summed E-state index contributed by atoms with van der Waals surface area (Å²) in [7, 11) is 0. The molecule has 1 amide bonds.